The van der Waals surface area contributed by atoms with Gasteiger partial charge in [-0.1, -0.05) is 27.7 Å². The zero-order chi connectivity index (χ0) is 11.3. The molecule has 86 valence electrons. The topological polar surface area (TPSA) is 60.7 Å². The second kappa shape index (κ2) is 6.38. The molecule has 1 unspecified atom stereocenters. The molecule has 3 N–H and O–H groups in total. The van der Waals surface area contributed by atoms with Crippen LogP contribution in [0.2, 0.25) is 0 Å². The maximum absolute atomic E-state index is 9.87. The van der Waals surface area contributed by atoms with Crippen LogP contribution >= 0.6 is 0 Å². The third kappa shape index (κ3) is 3.56. The zero-order valence-electron chi connectivity index (χ0n) is 9.64. The fourth-order valence-electron chi connectivity index (χ4n) is 1.68. The van der Waals surface area contributed by atoms with E-state index in [1.54, 1.807) is 0 Å². The van der Waals surface area contributed by atoms with Crippen LogP contribution in [0, 0.1) is 11.8 Å². The molecule has 3 nitrogen and oxygen atoms in total. The van der Waals surface area contributed by atoms with Gasteiger partial charge in [0.15, 0.2) is 0 Å². The Hall–Kier alpha value is -0.120. The van der Waals surface area contributed by atoms with E-state index in [1.165, 1.54) is 0 Å². The average Bonchev–Trinajstić information content (AvgIpc) is 2.23. The molecule has 0 aliphatic heterocycles. The summed E-state index contributed by atoms with van der Waals surface area (Å²) in [6.07, 6.45) is -0.353. The van der Waals surface area contributed by atoms with E-state index in [1.807, 2.05) is 27.7 Å². The molecule has 5 atom stereocenters. The molecule has 0 aromatic heterocycles. The molecule has 0 heterocycles. The number of hydrogen-bond donors (Lipinski definition) is 3. The van der Waals surface area contributed by atoms with Crippen LogP contribution in [-0.4, -0.2) is 33.6 Å². The van der Waals surface area contributed by atoms with Gasteiger partial charge in [0.05, 0.1) is 18.3 Å². The highest BCUT2D eigenvalue weighted by molar-refractivity contribution is 4.79. The molecule has 0 aromatic rings. The van der Waals surface area contributed by atoms with Crippen molar-refractivity contribution in [2.45, 2.75) is 58.8 Å². The van der Waals surface area contributed by atoms with Gasteiger partial charge in [-0.2, -0.15) is 0 Å². The van der Waals surface area contributed by atoms with Gasteiger partial charge in [-0.15, -0.1) is 0 Å². The lowest BCUT2D eigenvalue weighted by molar-refractivity contribution is -0.0450. The second-order valence-corrected chi connectivity index (χ2v) is 4.16. The monoisotopic (exact) mass is 204 g/mol. The maximum Gasteiger partial charge on any atom is 0.0640 e. The van der Waals surface area contributed by atoms with E-state index in [-0.39, 0.29) is 11.8 Å². The van der Waals surface area contributed by atoms with Gasteiger partial charge < -0.3 is 15.3 Å². The minimum Gasteiger partial charge on any atom is -0.393 e. The fraction of sp³-hybridized carbons (Fsp3) is 1.00. The smallest absolute Gasteiger partial charge is 0.0640 e. The molecule has 0 saturated carbocycles. The number of aliphatic hydroxyl groups excluding tert-OH is 3. The molecule has 0 bridgehead atoms. The van der Waals surface area contributed by atoms with Crippen LogP contribution in [-0.2, 0) is 0 Å². The van der Waals surface area contributed by atoms with E-state index in [0.717, 1.165) is 0 Å². The Labute approximate surface area is 86.8 Å². The maximum atomic E-state index is 9.87. The van der Waals surface area contributed by atoms with Crippen molar-refractivity contribution in [2.75, 3.05) is 0 Å². The SMILES string of the molecule is CC[C@H](O)[C@H](C)C(O)[C@H](C)[C@@H](O)CC. The third-order valence-electron chi connectivity index (χ3n) is 3.13. The first-order valence-corrected chi connectivity index (χ1v) is 5.49. The number of aliphatic hydroxyl groups is 3. The van der Waals surface area contributed by atoms with Gasteiger partial charge in [0.25, 0.3) is 0 Å². The predicted octanol–water partition coefficient (Wildman–Crippen LogP) is 1.16. The molecule has 0 aliphatic carbocycles. The van der Waals surface area contributed by atoms with Crippen LogP contribution in [0.1, 0.15) is 40.5 Å². The van der Waals surface area contributed by atoms with Crippen molar-refractivity contribution in [3.8, 4) is 0 Å². The van der Waals surface area contributed by atoms with Crippen LogP contribution in [0.4, 0.5) is 0 Å². The molecule has 0 saturated heterocycles. The molecule has 14 heavy (non-hydrogen) atoms. The zero-order valence-corrected chi connectivity index (χ0v) is 9.64. The van der Waals surface area contributed by atoms with Crippen molar-refractivity contribution in [3.05, 3.63) is 0 Å². The van der Waals surface area contributed by atoms with E-state index in [4.69, 9.17) is 0 Å². The largest absolute Gasteiger partial charge is 0.393 e. The van der Waals surface area contributed by atoms with Gasteiger partial charge >= 0.3 is 0 Å². The lowest BCUT2D eigenvalue weighted by atomic mass is 9.85. The minimum absolute atomic E-state index is 0.184. The molecule has 0 radical (unpaired) electrons. The van der Waals surface area contributed by atoms with Gasteiger partial charge in [-0.05, 0) is 12.8 Å². The lowest BCUT2D eigenvalue weighted by Crippen LogP contribution is -2.38. The summed E-state index contributed by atoms with van der Waals surface area (Å²) in [5, 5.41) is 29.0. The van der Waals surface area contributed by atoms with Gasteiger partial charge in [0.2, 0.25) is 0 Å². The van der Waals surface area contributed by atoms with Crippen LogP contribution < -0.4 is 0 Å². The summed E-state index contributed by atoms with van der Waals surface area (Å²) in [6, 6.07) is 0. The predicted molar refractivity (Wildman–Crippen MR) is 56.9 cm³/mol. The third-order valence-corrected chi connectivity index (χ3v) is 3.13. The molecule has 0 amide bonds. The summed E-state index contributed by atoms with van der Waals surface area (Å²) in [5.41, 5.74) is 0. The van der Waals surface area contributed by atoms with Gasteiger partial charge in [0, 0.05) is 11.8 Å². The van der Waals surface area contributed by atoms with Crippen LogP contribution in [0.25, 0.3) is 0 Å². The van der Waals surface area contributed by atoms with Crippen molar-refractivity contribution in [1.82, 2.24) is 0 Å². The van der Waals surface area contributed by atoms with Crippen molar-refractivity contribution >= 4 is 0 Å². The molecule has 3 heteroatoms. The summed E-state index contributed by atoms with van der Waals surface area (Å²) < 4.78 is 0. The highest BCUT2D eigenvalue weighted by atomic mass is 16.3. The fourth-order valence-corrected chi connectivity index (χ4v) is 1.68. The van der Waals surface area contributed by atoms with Gasteiger partial charge in [0.1, 0.15) is 0 Å². The number of rotatable bonds is 6. The second-order valence-electron chi connectivity index (χ2n) is 4.16. The summed E-state index contributed by atoms with van der Waals surface area (Å²) in [7, 11) is 0. The van der Waals surface area contributed by atoms with Gasteiger partial charge in [-0.25, -0.2) is 0 Å². The van der Waals surface area contributed by atoms with E-state index in [9.17, 15) is 15.3 Å². The number of hydrogen-bond acceptors (Lipinski definition) is 3. The van der Waals surface area contributed by atoms with Crippen molar-refractivity contribution in [2.24, 2.45) is 11.8 Å². The average molecular weight is 204 g/mol. The summed E-state index contributed by atoms with van der Waals surface area (Å²) in [6.45, 7) is 7.40. The Bertz CT molecular complexity index is 133. The molecular weight excluding hydrogens is 180 g/mol. The standard InChI is InChI=1S/C11H24O3/c1-5-9(12)7(3)11(14)8(4)10(13)6-2/h7-14H,5-6H2,1-4H3/t7-,8+,9-,10-,11?/m0/s1. The lowest BCUT2D eigenvalue weighted by Gasteiger charge is -2.30. The Balaban J connectivity index is 4.22. The van der Waals surface area contributed by atoms with Crippen molar-refractivity contribution < 1.29 is 15.3 Å². The molecule has 0 fully saturated rings. The van der Waals surface area contributed by atoms with Crippen LogP contribution in [0.5, 0.6) is 0 Å². The normalized spacial score (nSPS) is 22.5. The van der Waals surface area contributed by atoms with Gasteiger partial charge in [-0.3, -0.25) is 0 Å². The summed E-state index contributed by atoms with van der Waals surface area (Å²) >= 11 is 0. The van der Waals surface area contributed by atoms with Crippen molar-refractivity contribution in [3.63, 3.8) is 0 Å². The summed E-state index contributed by atoms with van der Waals surface area (Å²) in [5.74, 6) is -0.368. The Morgan fingerprint density at radius 1 is 0.786 bits per heavy atom. The first-order chi connectivity index (χ1) is 6.45. The van der Waals surface area contributed by atoms with E-state index >= 15 is 0 Å². The minimum atomic E-state index is -0.639. The first kappa shape index (κ1) is 13.9. The molecule has 0 spiro atoms. The molecule has 0 aliphatic rings. The highest BCUT2D eigenvalue weighted by Gasteiger charge is 2.29. The Morgan fingerprint density at radius 3 is 1.29 bits per heavy atom. The Kier molecular flexibility index (Phi) is 6.33. The van der Waals surface area contributed by atoms with Crippen LogP contribution in [0.3, 0.4) is 0 Å². The Morgan fingerprint density at radius 2 is 1.07 bits per heavy atom. The first-order valence-electron chi connectivity index (χ1n) is 5.49. The molecular formula is C11H24O3. The van der Waals surface area contributed by atoms with E-state index < -0.39 is 18.3 Å². The van der Waals surface area contributed by atoms with E-state index in [0.29, 0.717) is 12.8 Å². The van der Waals surface area contributed by atoms with Crippen LogP contribution in [0.15, 0.2) is 0 Å². The van der Waals surface area contributed by atoms with E-state index in [2.05, 4.69) is 0 Å². The highest BCUT2D eigenvalue weighted by Crippen LogP contribution is 2.21. The van der Waals surface area contributed by atoms with Crippen molar-refractivity contribution in [1.29, 1.82) is 0 Å². The molecule has 0 rings (SSSR count). The molecule has 0 aromatic carbocycles. The quantitative estimate of drug-likeness (QED) is 0.608. The summed E-state index contributed by atoms with van der Waals surface area (Å²) in [4.78, 5) is 0.